The summed E-state index contributed by atoms with van der Waals surface area (Å²) in [5.74, 6) is 0. The topological polar surface area (TPSA) is 12.0 Å². The molecule has 0 spiro atoms. The van der Waals surface area contributed by atoms with Crippen molar-refractivity contribution in [1.29, 1.82) is 0 Å². The summed E-state index contributed by atoms with van der Waals surface area (Å²) in [6, 6.07) is 2.88. The van der Waals surface area contributed by atoms with Crippen LogP contribution in [0.5, 0.6) is 0 Å². The van der Waals surface area contributed by atoms with Crippen LogP contribution >= 0.6 is 22.7 Å². The molecule has 2 heterocycles. The SMILES string of the molecule is Cc1cscc1CNC1CCCc2sccc21. The Hall–Kier alpha value is -0.640. The van der Waals surface area contributed by atoms with Crippen LogP contribution < -0.4 is 5.32 Å². The second-order valence-electron chi connectivity index (χ2n) is 4.70. The molecular formula is C14H17NS2. The molecule has 1 aliphatic rings. The lowest BCUT2D eigenvalue weighted by molar-refractivity contribution is 0.463. The maximum absolute atomic E-state index is 3.72. The summed E-state index contributed by atoms with van der Waals surface area (Å²) < 4.78 is 0. The van der Waals surface area contributed by atoms with E-state index in [2.05, 4.69) is 34.4 Å². The van der Waals surface area contributed by atoms with E-state index < -0.39 is 0 Å². The molecule has 0 saturated carbocycles. The van der Waals surface area contributed by atoms with Crippen LogP contribution in [-0.4, -0.2) is 0 Å². The highest BCUT2D eigenvalue weighted by atomic mass is 32.1. The van der Waals surface area contributed by atoms with Gasteiger partial charge in [0.25, 0.3) is 0 Å². The molecule has 90 valence electrons. The number of hydrogen-bond donors (Lipinski definition) is 1. The minimum Gasteiger partial charge on any atom is -0.306 e. The third-order valence-electron chi connectivity index (χ3n) is 3.55. The van der Waals surface area contributed by atoms with E-state index in [1.54, 1.807) is 21.8 Å². The van der Waals surface area contributed by atoms with Gasteiger partial charge in [0.1, 0.15) is 0 Å². The molecule has 0 bridgehead atoms. The van der Waals surface area contributed by atoms with Gasteiger partial charge in [-0.2, -0.15) is 11.3 Å². The smallest absolute Gasteiger partial charge is 0.0334 e. The van der Waals surface area contributed by atoms with Crippen LogP contribution in [0.25, 0.3) is 0 Å². The van der Waals surface area contributed by atoms with Crippen molar-refractivity contribution in [2.45, 2.75) is 38.8 Å². The van der Waals surface area contributed by atoms with Gasteiger partial charge in [0.2, 0.25) is 0 Å². The molecule has 0 aromatic carbocycles. The van der Waals surface area contributed by atoms with Crippen molar-refractivity contribution in [2.24, 2.45) is 0 Å². The van der Waals surface area contributed by atoms with Crippen molar-refractivity contribution in [2.75, 3.05) is 0 Å². The molecule has 1 nitrogen and oxygen atoms in total. The van der Waals surface area contributed by atoms with Crippen LogP contribution in [-0.2, 0) is 13.0 Å². The predicted molar refractivity (Wildman–Crippen MR) is 75.9 cm³/mol. The average molecular weight is 263 g/mol. The van der Waals surface area contributed by atoms with Crippen molar-refractivity contribution >= 4 is 22.7 Å². The monoisotopic (exact) mass is 263 g/mol. The normalized spacial score (nSPS) is 19.2. The van der Waals surface area contributed by atoms with Crippen molar-refractivity contribution in [1.82, 2.24) is 5.32 Å². The first-order valence-electron chi connectivity index (χ1n) is 6.16. The van der Waals surface area contributed by atoms with E-state index in [0.717, 1.165) is 6.54 Å². The Bertz CT molecular complexity index is 498. The molecule has 0 aliphatic heterocycles. The van der Waals surface area contributed by atoms with E-state index in [9.17, 15) is 0 Å². The quantitative estimate of drug-likeness (QED) is 0.871. The molecule has 1 N–H and O–H groups in total. The van der Waals surface area contributed by atoms with Crippen molar-refractivity contribution in [3.05, 3.63) is 43.8 Å². The van der Waals surface area contributed by atoms with Crippen LogP contribution in [0.1, 0.15) is 40.5 Å². The zero-order valence-electron chi connectivity index (χ0n) is 10.0. The maximum atomic E-state index is 3.72. The van der Waals surface area contributed by atoms with Crippen molar-refractivity contribution in [3.63, 3.8) is 0 Å². The molecular weight excluding hydrogens is 246 g/mol. The number of hydrogen-bond acceptors (Lipinski definition) is 3. The Morgan fingerprint density at radius 3 is 3.18 bits per heavy atom. The van der Waals surface area contributed by atoms with Gasteiger partial charge in [0.15, 0.2) is 0 Å². The summed E-state index contributed by atoms with van der Waals surface area (Å²) in [7, 11) is 0. The lowest BCUT2D eigenvalue weighted by Gasteiger charge is -2.23. The van der Waals surface area contributed by atoms with Gasteiger partial charge >= 0.3 is 0 Å². The van der Waals surface area contributed by atoms with Crippen LogP contribution in [0.4, 0.5) is 0 Å². The minimum absolute atomic E-state index is 0.573. The molecule has 0 radical (unpaired) electrons. The standard InChI is InChI=1S/C14H17NS2/c1-10-8-16-9-11(10)7-15-13-3-2-4-14-12(13)5-6-17-14/h5-6,8-9,13,15H,2-4,7H2,1H3. The van der Waals surface area contributed by atoms with Gasteiger partial charge in [-0.25, -0.2) is 0 Å². The highest BCUT2D eigenvalue weighted by Crippen LogP contribution is 2.33. The highest BCUT2D eigenvalue weighted by Gasteiger charge is 2.20. The Kier molecular flexibility index (Phi) is 3.32. The lowest BCUT2D eigenvalue weighted by Crippen LogP contribution is -2.23. The molecule has 1 unspecified atom stereocenters. The van der Waals surface area contributed by atoms with E-state index in [1.807, 2.05) is 11.3 Å². The molecule has 2 aromatic rings. The van der Waals surface area contributed by atoms with Crippen LogP contribution in [0, 0.1) is 6.92 Å². The molecule has 2 aromatic heterocycles. The Morgan fingerprint density at radius 2 is 2.35 bits per heavy atom. The second-order valence-corrected chi connectivity index (χ2v) is 6.45. The molecule has 1 aliphatic carbocycles. The molecule has 1 atom stereocenters. The van der Waals surface area contributed by atoms with Gasteiger partial charge in [-0.15, -0.1) is 11.3 Å². The summed E-state index contributed by atoms with van der Waals surface area (Å²) in [6.45, 7) is 3.21. The lowest BCUT2D eigenvalue weighted by atomic mass is 9.94. The van der Waals surface area contributed by atoms with E-state index in [-0.39, 0.29) is 0 Å². The largest absolute Gasteiger partial charge is 0.306 e. The van der Waals surface area contributed by atoms with Crippen LogP contribution in [0.3, 0.4) is 0 Å². The number of aryl methyl sites for hydroxylation is 2. The molecule has 3 heteroatoms. The van der Waals surface area contributed by atoms with Gasteiger partial charge in [-0.3, -0.25) is 0 Å². The molecule has 0 saturated heterocycles. The molecule has 0 fully saturated rings. The Labute approximate surface area is 111 Å². The summed E-state index contributed by atoms with van der Waals surface area (Å²) in [5, 5.41) is 10.5. The van der Waals surface area contributed by atoms with E-state index >= 15 is 0 Å². The van der Waals surface area contributed by atoms with Gasteiger partial charge in [-0.1, -0.05) is 0 Å². The maximum Gasteiger partial charge on any atom is 0.0334 e. The van der Waals surface area contributed by atoms with E-state index in [1.165, 1.54) is 30.4 Å². The first-order valence-corrected chi connectivity index (χ1v) is 7.98. The zero-order chi connectivity index (χ0) is 11.7. The minimum atomic E-state index is 0.573. The van der Waals surface area contributed by atoms with Crippen molar-refractivity contribution < 1.29 is 0 Å². The zero-order valence-corrected chi connectivity index (χ0v) is 11.7. The molecule has 17 heavy (non-hydrogen) atoms. The molecule has 0 amide bonds. The van der Waals surface area contributed by atoms with Crippen LogP contribution in [0.15, 0.2) is 22.2 Å². The van der Waals surface area contributed by atoms with Gasteiger partial charge in [0, 0.05) is 17.5 Å². The molecule has 3 rings (SSSR count). The summed E-state index contributed by atoms with van der Waals surface area (Å²) in [5.41, 5.74) is 4.43. The number of nitrogens with one attached hydrogen (secondary N) is 1. The Morgan fingerprint density at radius 1 is 1.41 bits per heavy atom. The fourth-order valence-corrected chi connectivity index (χ4v) is 4.34. The number of fused-ring (bicyclic) bond motifs is 1. The highest BCUT2D eigenvalue weighted by molar-refractivity contribution is 7.10. The fraction of sp³-hybridized carbons (Fsp3) is 0.429. The van der Waals surface area contributed by atoms with Crippen molar-refractivity contribution in [3.8, 4) is 0 Å². The second kappa shape index (κ2) is 4.92. The third-order valence-corrected chi connectivity index (χ3v) is 5.46. The van der Waals surface area contributed by atoms with E-state index in [0.29, 0.717) is 6.04 Å². The number of rotatable bonds is 3. The van der Waals surface area contributed by atoms with Crippen LogP contribution in [0.2, 0.25) is 0 Å². The average Bonchev–Trinajstić information content (AvgIpc) is 2.95. The fourth-order valence-electron chi connectivity index (χ4n) is 2.50. The number of thiophene rings is 2. The summed E-state index contributed by atoms with van der Waals surface area (Å²) in [4.78, 5) is 1.59. The first-order chi connectivity index (χ1) is 8.34. The predicted octanol–water partition coefficient (Wildman–Crippen LogP) is 4.29. The first kappa shape index (κ1) is 11.5. The Balaban J connectivity index is 1.70. The van der Waals surface area contributed by atoms with Gasteiger partial charge < -0.3 is 5.32 Å². The van der Waals surface area contributed by atoms with E-state index in [4.69, 9.17) is 0 Å². The summed E-state index contributed by atoms with van der Waals surface area (Å²) >= 11 is 3.72. The third kappa shape index (κ3) is 2.32. The van der Waals surface area contributed by atoms with Gasteiger partial charge in [0.05, 0.1) is 0 Å². The summed E-state index contributed by atoms with van der Waals surface area (Å²) in [6.07, 6.45) is 3.89. The van der Waals surface area contributed by atoms with Gasteiger partial charge in [-0.05, 0) is 65.1 Å².